The molecule has 5 heteroatoms. The number of carbonyl (C=O) groups is 2. The summed E-state index contributed by atoms with van der Waals surface area (Å²) in [6.07, 6.45) is 1.70. The van der Waals surface area contributed by atoms with Gasteiger partial charge >= 0.3 is 11.9 Å². The fraction of sp³-hybridized carbons (Fsp3) is 0.333. The van der Waals surface area contributed by atoms with E-state index in [1.54, 1.807) is 36.6 Å². The Hall–Kier alpha value is -1.49. The van der Waals surface area contributed by atoms with Crippen LogP contribution in [0.4, 0.5) is 0 Å². The standard InChI is InChI=1S/C12H14O4S/c1-17-8-12(10(13)14,11(15)16)7-9-5-3-2-4-6-9/h2-6H,7-8H2,1H3,(H,13,14)(H,15,16). The van der Waals surface area contributed by atoms with E-state index in [0.29, 0.717) is 5.56 Å². The topological polar surface area (TPSA) is 74.6 Å². The van der Waals surface area contributed by atoms with Crippen LogP contribution in [0.25, 0.3) is 0 Å². The summed E-state index contributed by atoms with van der Waals surface area (Å²) in [5, 5.41) is 18.4. The maximum absolute atomic E-state index is 11.3. The summed E-state index contributed by atoms with van der Waals surface area (Å²) in [5.41, 5.74) is -1.04. The summed E-state index contributed by atoms with van der Waals surface area (Å²) >= 11 is 1.22. The van der Waals surface area contributed by atoms with Crippen molar-refractivity contribution < 1.29 is 19.8 Å². The molecule has 0 aliphatic carbocycles. The zero-order valence-corrected chi connectivity index (χ0v) is 10.2. The second-order valence-corrected chi connectivity index (χ2v) is 4.65. The van der Waals surface area contributed by atoms with E-state index in [1.165, 1.54) is 11.8 Å². The van der Waals surface area contributed by atoms with E-state index in [4.69, 9.17) is 0 Å². The molecule has 1 aromatic carbocycles. The average Bonchev–Trinajstić information content (AvgIpc) is 2.29. The number of rotatable bonds is 6. The Labute approximate surface area is 104 Å². The van der Waals surface area contributed by atoms with Crippen molar-refractivity contribution in [3.63, 3.8) is 0 Å². The predicted molar refractivity (Wildman–Crippen MR) is 66.2 cm³/mol. The van der Waals surface area contributed by atoms with Crippen LogP contribution in [0.2, 0.25) is 0 Å². The van der Waals surface area contributed by atoms with Gasteiger partial charge in [-0.3, -0.25) is 9.59 Å². The highest BCUT2D eigenvalue weighted by atomic mass is 32.2. The van der Waals surface area contributed by atoms with Crippen LogP contribution in [0.1, 0.15) is 5.56 Å². The molecule has 0 aliphatic rings. The van der Waals surface area contributed by atoms with E-state index in [0.717, 1.165) is 0 Å². The number of benzene rings is 1. The normalized spacial score (nSPS) is 11.1. The monoisotopic (exact) mass is 254 g/mol. The molecule has 4 nitrogen and oxygen atoms in total. The van der Waals surface area contributed by atoms with Crippen LogP contribution in [0.15, 0.2) is 30.3 Å². The second kappa shape index (κ2) is 5.72. The minimum atomic E-state index is -1.75. The quantitative estimate of drug-likeness (QED) is 0.756. The van der Waals surface area contributed by atoms with E-state index < -0.39 is 17.4 Å². The molecule has 0 saturated heterocycles. The van der Waals surface area contributed by atoms with Crippen LogP contribution < -0.4 is 0 Å². The molecule has 0 spiro atoms. The molecule has 92 valence electrons. The number of thioether (sulfide) groups is 1. The Morgan fingerprint density at radius 3 is 2.12 bits per heavy atom. The van der Waals surface area contributed by atoms with Gasteiger partial charge in [0.2, 0.25) is 0 Å². The molecule has 17 heavy (non-hydrogen) atoms. The van der Waals surface area contributed by atoms with Crippen molar-refractivity contribution in [3.8, 4) is 0 Å². The van der Waals surface area contributed by atoms with Crippen molar-refractivity contribution in [2.75, 3.05) is 12.0 Å². The van der Waals surface area contributed by atoms with Gasteiger partial charge in [-0.05, 0) is 11.8 Å². The number of hydrogen-bond donors (Lipinski definition) is 2. The number of aliphatic carboxylic acids is 2. The van der Waals surface area contributed by atoms with Gasteiger partial charge in [-0.2, -0.15) is 11.8 Å². The van der Waals surface area contributed by atoms with Gasteiger partial charge in [0.1, 0.15) is 0 Å². The average molecular weight is 254 g/mol. The lowest BCUT2D eigenvalue weighted by Crippen LogP contribution is -2.43. The summed E-state index contributed by atoms with van der Waals surface area (Å²) in [6.45, 7) is 0. The van der Waals surface area contributed by atoms with Crippen LogP contribution in [-0.4, -0.2) is 34.2 Å². The first-order valence-electron chi connectivity index (χ1n) is 5.02. The van der Waals surface area contributed by atoms with Crippen LogP contribution in [0, 0.1) is 5.41 Å². The van der Waals surface area contributed by atoms with Crippen molar-refractivity contribution in [2.24, 2.45) is 5.41 Å². The van der Waals surface area contributed by atoms with Crippen molar-refractivity contribution in [2.45, 2.75) is 6.42 Å². The Kier molecular flexibility index (Phi) is 4.57. The van der Waals surface area contributed by atoms with Crippen molar-refractivity contribution in [1.82, 2.24) is 0 Å². The molecule has 2 N–H and O–H groups in total. The number of hydrogen-bond acceptors (Lipinski definition) is 3. The maximum Gasteiger partial charge on any atom is 0.322 e. The molecular weight excluding hydrogens is 240 g/mol. The smallest absolute Gasteiger partial charge is 0.322 e. The summed E-state index contributed by atoms with van der Waals surface area (Å²) in [4.78, 5) is 22.5. The molecule has 0 aromatic heterocycles. The molecule has 0 fully saturated rings. The van der Waals surface area contributed by atoms with Gasteiger partial charge in [0, 0.05) is 12.2 Å². The van der Waals surface area contributed by atoms with Crippen LogP contribution in [0.3, 0.4) is 0 Å². The van der Waals surface area contributed by atoms with Crippen LogP contribution in [-0.2, 0) is 16.0 Å². The first-order chi connectivity index (χ1) is 8.03. The fourth-order valence-corrected chi connectivity index (χ4v) is 2.45. The third-order valence-corrected chi connectivity index (χ3v) is 3.34. The lowest BCUT2D eigenvalue weighted by molar-refractivity contribution is -0.162. The largest absolute Gasteiger partial charge is 0.480 e. The third kappa shape index (κ3) is 3.00. The molecular formula is C12H14O4S. The first-order valence-corrected chi connectivity index (χ1v) is 6.42. The van der Waals surface area contributed by atoms with E-state index in [1.807, 2.05) is 0 Å². The van der Waals surface area contributed by atoms with Gasteiger partial charge in [-0.15, -0.1) is 0 Å². The summed E-state index contributed by atoms with van der Waals surface area (Å²) < 4.78 is 0. The van der Waals surface area contributed by atoms with Gasteiger partial charge in [0.15, 0.2) is 5.41 Å². The SMILES string of the molecule is CSCC(Cc1ccccc1)(C(=O)O)C(=O)O. The highest BCUT2D eigenvalue weighted by Gasteiger charge is 2.46. The Balaban J connectivity index is 3.06. The molecule has 0 saturated carbocycles. The molecule has 1 rings (SSSR count). The van der Waals surface area contributed by atoms with E-state index in [2.05, 4.69) is 0 Å². The van der Waals surface area contributed by atoms with Crippen molar-refractivity contribution in [1.29, 1.82) is 0 Å². The van der Waals surface area contributed by atoms with E-state index in [-0.39, 0.29) is 12.2 Å². The van der Waals surface area contributed by atoms with Crippen molar-refractivity contribution in [3.05, 3.63) is 35.9 Å². The van der Waals surface area contributed by atoms with Gasteiger partial charge in [-0.25, -0.2) is 0 Å². The highest BCUT2D eigenvalue weighted by Crippen LogP contribution is 2.28. The fourth-order valence-electron chi connectivity index (χ4n) is 1.61. The molecule has 1 aromatic rings. The summed E-state index contributed by atoms with van der Waals surface area (Å²) in [6, 6.07) is 8.81. The van der Waals surface area contributed by atoms with Gasteiger partial charge in [0.05, 0.1) is 0 Å². The zero-order chi connectivity index (χ0) is 12.9. The summed E-state index contributed by atoms with van der Waals surface area (Å²) in [7, 11) is 0. The molecule has 0 bridgehead atoms. The van der Waals surface area contributed by atoms with Crippen LogP contribution in [0.5, 0.6) is 0 Å². The minimum absolute atomic E-state index is 0.000648. The highest BCUT2D eigenvalue weighted by molar-refractivity contribution is 7.98. The lowest BCUT2D eigenvalue weighted by atomic mass is 9.83. The molecule has 0 heterocycles. The van der Waals surface area contributed by atoms with Crippen LogP contribution >= 0.6 is 11.8 Å². The molecule has 0 aliphatic heterocycles. The first kappa shape index (κ1) is 13.6. The van der Waals surface area contributed by atoms with Gasteiger partial charge < -0.3 is 10.2 Å². The second-order valence-electron chi connectivity index (χ2n) is 3.79. The third-order valence-electron chi connectivity index (χ3n) is 2.56. The maximum atomic E-state index is 11.3. The Bertz CT molecular complexity index is 388. The van der Waals surface area contributed by atoms with Gasteiger partial charge in [-0.1, -0.05) is 30.3 Å². The Morgan fingerprint density at radius 2 is 1.71 bits per heavy atom. The molecule has 0 radical (unpaired) electrons. The summed E-state index contributed by atoms with van der Waals surface area (Å²) in [5.74, 6) is -2.53. The van der Waals surface area contributed by atoms with Crippen molar-refractivity contribution >= 4 is 23.7 Å². The molecule has 0 unspecified atom stereocenters. The van der Waals surface area contributed by atoms with E-state index >= 15 is 0 Å². The minimum Gasteiger partial charge on any atom is -0.480 e. The molecule has 0 amide bonds. The number of carboxylic acids is 2. The number of carboxylic acid groups (broad SMARTS) is 2. The zero-order valence-electron chi connectivity index (χ0n) is 9.42. The Morgan fingerprint density at radius 1 is 1.18 bits per heavy atom. The van der Waals surface area contributed by atoms with E-state index in [9.17, 15) is 19.8 Å². The molecule has 0 atom stereocenters. The predicted octanol–water partition coefficient (Wildman–Crippen LogP) is 1.75. The van der Waals surface area contributed by atoms with Gasteiger partial charge in [0.25, 0.3) is 0 Å². The lowest BCUT2D eigenvalue weighted by Gasteiger charge is -2.23.